The molecule has 0 aromatic heterocycles. The average Bonchev–Trinajstić information content (AvgIpc) is 2.53. The Morgan fingerprint density at radius 2 is 1.88 bits per heavy atom. The van der Waals surface area contributed by atoms with Crippen molar-refractivity contribution in [2.45, 2.75) is 45.3 Å². The van der Waals surface area contributed by atoms with Gasteiger partial charge in [0, 0.05) is 13.0 Å². The van der Waals surface area contributed by atoms with E-state index in [1.54, 1.807) is 45.0 Å². The van der Waals surface area contributed by atoms with Gasteiger partial charge in [-0.1, -0.05) is 30.3 Å². The lowest BCUT2D eigenvalue weighted by molar-refractivity contribution is -0.147. The Bertz CT molecular complexity index is 587. The number of hydrogen-bond donors (Lipinski definition) is 0. The highest BCUT2D eigenvalue weighted by atomic mass is 16.6. The van der Waals surface area contributed by atoms with Gasteiger partial charge >= 0.3 is 12.1 Å². The molecule has 6 nitrogen and oxygen atoms in total. The van der Waals surface area contributed by atoms with Gasteiger partial charge in [0.1, 0.15) is 5.60 Å². The quantitative estimate of drug-likeness (QED) is 0.589. The molecule has 24 heavy (non-hydrogen) atoms. The van der Waals surface area contributed by atoms with Gasteiger partial charge in [0.15, 0.2) is 6.04 Å². The van der Waals surface area contributed by atoms with Crippen LogP contribution in [0.25, 0.3) is 0 Å². The third-order valence-corrected chi connectivity index (χ3v) is 3.17. The summed E-state index contributed by atoms with van der Waals surface area (Å²) >= 11 is 0. The maximum absolute atomic E-state index is 12.6. The first kappa shape index (κ1) is 19.5. The van der Waals surface area contributed by atoms with Crippen LogP contribution in [0.1, 0.15) is 45.2 Å². The number of unbranched alkanes of at least 4 members (excludes halogenated alkanes) is 1. The fraction of sp³-hybridized carbons (Fsp3) is 0.500. The summed E-state index contributed by atoms with van der Waals surface area (Å²) in [5.74, 6) is -0.552. The smallest absolute Gasteiger partial charge is 0.411 e. The summed E-state index contributed by atoms with van der Waals surface area (Å²) < 4.78 is 10.3. The van der Waals surface area contributed by atoms with Gasteiger partial charge in [0.05, 0.1) is 13.2 Å². The Labute approximate surface area is 143 Å². The van der Waals surface area contributed by atoms with E-state index in [0.717, 1.165) is 0 Å². The number of amides is 1. The molecule has 1 rings (SSSR count). The van der Waals surface area contributed by atoms with Crippen LogP contribution in [-0.2, 0) is 14.3 Å². The molecular weight excluding hydrogens is 308 g/mol. The van der Waals surface area contributed by atoms with Crippen LogP contribution in [-0.4, -0.2) is 36.2 Å². The molecule has 0 bridgehead atoms. The summed E-state index contributed by atoms with van der Waals surface area (Å²) in [5.41, 5.74) is -0.0609. The Hall–Kier alpha value is -2.55. The third-order valence-electron chi connectivity index (χ3n) is 3.17. The highest BCUT2D eigenvalue weighted by molar-refractivity contribution is 5.83. The van der Waals surface area contributed by atoms with E-state index in [-0.39, 0.29) is 13.0 Å². The number of carbonyl (C=O) groups excluding carboxylic acids is 2. The number of hydrogen-bond acceptors (Lipinski definition) is 5. The van der Waals surface area contributed by atoms with E-state index in [4.69, 9.17) is 14.7 Å². The van der Waals surface area contributed by atoms with Gasteiger partial charge < -0.3 is 9.47 Å². The molecule has 130 valence electrons. The molecule has 1 aromatic carbocycles. The first-order valence-electron chi connectivity index (χ1n) is 7.79. The van der Waals surface area contributed by atoms with Crippen molar-refractivity contribution in [1.82, 2.24) is 4.90 Å². The van der Waals surface area contributed by atoms with Gasteiger partial charge in [-0.25, -0.2) is 9.59 Å². The van der Waals surface area contributed by atoms with E-state index in [1.807, 2.05) is 12.1 Å². The second-order valence-electron chi connectivity index (χ2n) is 6.27. The molecule has 6 heteroatoms. The van der Waals surface area contributed by atoms with Crippen molar-refractivity contribution in [3.8, 4) is 6.07 Å². The minimum atomic E-state index is -0.912. The van der Waals surface area contributed by atoms with Gasteiger partial charge in [0.2, 0.25) is 0 Å². The van der Waals surface area contributed by atoms with Crippen molar-refractivity contribution in [2.75, 3.05) is 13.7 Å². The predicted octanol–water partition coefficient (Wildman–Crippen LogP) is 3.44. The van der Waals surface area contributed by atoms with Crippen LogP contribution in [0.5, 0.6) is 0 Å². The number of esters is 1. The van der Waals surface area contributed by atoms with Crippen LogP contribution >= 0.6 is 0 Å². The summed E-state index contributed by atoms with van der Waals surface area (Å²) in [6.07, 6.45) is 0.109. The predicted molar refractivity (Wildman–Crippen MR) is 89.0 cm³/mol. The second kappa shape index (κ2) is 8.92. The van der Waals surface area contributed by atoms with E-state index in [2.05, 4.69) is 0 Å². The molecule has 0 fully saturated rings. The topological polar surface area (TPSA) is 79.6 Å². The summed E-state index contributed by atoms with van der Waals surface area (Å²) in [6.45, 7) is 5.49. The van der Waals surface area contributed by atoms with Crippen molar-refractivity contribution < 1.29 is 19.1 Å². The largest absolute Gasteiger partial charge is 0.467 e. The van der Waals surface area contributed by atoms with Crippen molar-refractivity contribution in [2.24, 2.45) is 0 Å². The van der Waals surface area contributed by atoms with Crippen molar-refractivity contribution in [1.29, 1.82) is 5.26 Å². The number of carbonyl (C=O) groups is 2. The number of nitriles is 1. The number of ether oxygens (including phenoxy) is 2. The van der Waals surface area contributed by atoms with Crippen LogP contribution in [0.3, 0.4) is 0 Å². The molecule has 1 amide bonds. The molecule has 0 spiro atoms. The molecule has 0 N–H and O–H groups in total. The molecule has 0 saturated heterocycles. The van der Waals surface area contributed by atoms with Gasteiger partial charge in [-0.2, -0.15) is 5.26 Å². The average molecular weight is 332 g/mol. The number of rotatable bonds is 6. The number of nitrogens with zero attached hydrogens (tertiary/aromatic N) is 2. The first-order chi connectivity index (χ1) is 11.3. The lowest BCUT2D eigenvalue weighted by Crippen LogP contribution is -2.43. The van der Waals surface area contributed by atoms with Gasteiger partial charge in [-0.3, -0.25) is 4.90 Å². The van der Waals surface area contributed by atoms with Crippen LogP contribution in [0, 0.1) is 11.3 Å². The van der Waals surface area contributed by atoms with Crippen molar-refractivity contribution in [3.05, 3.63) is 35.9 Å². The molecule has 1 aromatic rings. The van der Waals surface area contributed by atoms with E-state index >= 15 is 0 Å². The molecule has 0 radical (unpaired) electrons. The van der Waals surface area contributed by atoms with E-state index < -0.39 is 23.7 Å². The van der Waals surface area contributed by atoms with Crippen LogP contribution in [0.4, 0.5) is 4.79 Å². The molecule has 1 atom stereocenters. The summed E-state index contributed by atoms with van der Waals surface area (Å²) in [6, 6.07) is 10.0. The highest BCUT2D eigenvalue weighted by Gasteiger charge is 2.34. The van der Waals surface area contributed by atoms with E-state index in [1.165, 1.54) is 12.0 Å². The zero-order valence-corrected chi connectivity index (χ0v) is 14.6. The Balaban J connectivity index is 3.17. The van der Waals surface area contributed by atoms with Gasteiger partial charge in [0.25, 0.3) is 0 Å². The molecular formula is C18H24N2O4. The van der Waals surface area contributed by atoms with Gasteiger partial charge in [-0.05, 0) is 32.8 Å². The Morgan fingerprint density at radius 3 is 2.38 bits per heavy atom. The lowest BCUT2D eigenvalue weighted by atomic mass is 10.1. The van der Waals surface area contributed by atoms with Crippen LogP contribution < -0.4 is 0 Å². The normalized spacial score (nSPS) is 12.0. The Morgan fingerprint density at radius 1 is 1.25 bits per heavy atom. The van der Waals surface area contributed by atoms with Crippen LogP contribution in [0.15, 0.2) is 30.3 Å². The zero-order chi connectivity index (χ0) is 18.2. The maximum atomic E-state index is 12.6. The maximum Gasteiger partial charge on any atom is 0.411 e. The molecule has 0 saturated carbocycles. The first-order valence-corrected chi connectivity index (χ1v) is 7.79. The summed E-state index contributed by atoms with van der Waals surface area (Å²) in [5, 5.41) is 8.74. The van der Waals surface area contributed by atoms with Gasteiger partial charge in [-0.15, -0.1) is 0 Å². The molecule has 0 heterocycles. The molecule has 0 aliphatic carbocycles. The van der Waals surface area contributed by atoms with E-state index in [9.17, 15) is 9.59 Å². The van der Waals surface area contributed by atoms with E-state index in [0.29, 0.717) is 12.0 Å². The fourth-order valence-corrected chi connectivity index (χ4v) is 2.17. The third kappa shape index (κ3) is 5.92. The highest BCUT2D eigenvalue weighted by Crippen LogP contribution is 2.25. The summed E-state index contributed by atoms with van der Waals surface area (Å²) in [4.78, 5) is 26.2. The molecule has 1 unspecified atom stereocenters. The number of methoxy groups -OCH3 is 1. The Kier molecular flexibility index (Phi) is 7.25. The second-order valence-corrected chi connectivity index (χ2v) is 6.27. The molecule has 0 aliphatic rings. The standard InChI is InChI=1S/C18H24N2O4/c1-18(2,3)24-17(22)20(13-9-8-12-19)15(16(21)23-4)14-10-6-5-7-11-14/h5-7,10-11,15H,8-9,13H2,1-4H3. The zero-order valence-electron chi connectivity index (χ0n) is 14.6. The fourth-order valence-electron chi connectivity index (χ4n) is 2.17. The minimum absolute atomic E-state index is 0.219. The van der Waals surface area contributed by atoms with Crippen LogP contribution in [0.2, 0.25) is 0 Å². The lowest BCUT2D eigenvalue weighted by Gasteiger charge is -2.32. The SMILES string of the molecule is COC(=O)C(c1ccccc1)N(CCCC#N)C(=O)OC(C)(C)C. The monoisotopic (exact) mass is 332 g/mol. The number of benzene rings is 1. The van der Waals surface area contributed by atoms with Crippen molar-refractivity contribution >= 4 is 12.1 Å². The summed E-state index contributed by atoms with van der Waals surface area (Å²) in [7, 11) is 1.28. The molecule has 0 aliphatic heterocycles. The van der Waals surface area contributed by atoms with Crippen molar-refractivity contribution in [3.63, 3.8) is 0 Å². The minimum Gasteiger partial charge on any atom is -0.467 e.